The maximum atomic E-state index is 12.3. The Morgan fingerprint density at radius 3 is 2.82 bits per heavy atom. The molecular weight excluding hydrogens is 222 g/mol. The van der Waals surface area contributed by atoms with Gasteiger partial charge in [-0.2, -0.15) is 0 Å². The Bertz CT molecular complexity index is 298. The highest BCUT2D eigenvalue weighted by atomic mass is 16.5. The van der Waals surface area contributed by atoms with E-state index < -0.39 is 5.60 Å². The number of carbonyl (C=O) groups is 1. The Hall–Kier alpha value is -1.30. The van der Waals surface area contributed by atoms with Crippen LogP contribution in [0.2, 0.25) is 0 Å². The molecule has 1 rings (SSSR count). The van der Waals surface area contributed by atoms with Crippen LogP contribution in [0.1, 0.15) is 33.1 Å². The topological polar surface area (TPSA) is 88.1 Å². The fourth-order valence-corrected chi connectivity index (χ4v) is 2.03. The summed E-state index contributed by atoms with van der Waals surface area (Å²) in [4.78, 5) is 13.9. The van der Waals surface area contributed by atoms with Crippen LogP contribution in [0, 0.1) is 0 Å². The number of nitrogens with two attached hydrogens (primary N) is 1. The zero-order valence-corrected chi connectivity index (χ0v) is 10.5. The van der Waals surface area contributed by atoms with Gasteiger partial charge >= 0.3 is 0 Å². The summed E-state index contributed by atoms with van der Waals surface area (Å²) < 4.78 is 5.51. The summed E-state index contributed by atoms with van der Waals surface area (Å²) in [5, 5.41) is 11.5. The highest BCUT2D eigenvalue weighted by Crippen LogP contribution is 2.27. The van der Waals surface area contributed by atoms with Crippen LogP contribution >= 0.6 is 0 Å². The molecule has 0 aromatic heterocycles. The van der Waals surface area contributed by atoms with Crippen LogP contribution in [-0.4, -0.2) is 47.1 Å². The molecule has 0 aromatic carbocycles. The molecule has 0 aromatic rings. The summed E-state index contributed by atoms with van der Waals surface area (Å²) in [7, 11) is 0. The van der Waals surface area contributed by atoms with Crippen molar-refractivity contribution < 1.29 is 14.7 Å². The Morgan fingerprint density at radius 1 is 1.65 bits per heavy atom. The van der Waals surface area contributed by atoms with E-state index in [1.54, 1.807) is 11.8 Å². The average molecular weight is 243 g/mol. The van der Waals surface area contributed by atoms with Gasteiger partial charge in [-0.05, 0) is 26.2 Å². The number of hydrogen-bond donors (Lipinski definition) is 2. The first-order chi connectivity index (χ1) is 8.03. The molecule has 6 nitrogen and oxygen atoms in total. The standard InChI is InChI=1S/C11H21N3O3/c1-3-6-14(8-9(12)13-16)10(15)11(2)5-4-7-17-11/h16H,3-8H2,1-2H3,(H2,12,13). The quantitative estimate of drug-likeness (QED) is 0.319. The zero-order valence-electron chi connectivity index (χ0n) is 10.5. The van der Waals surface area contributed by atoms with Crippen molar-refractivity contribution in [1.82, 2.24) is 4.90 Å². The number of ether oxygens (including phenoxy) is 1. The minimum absolute atomic E-state index is 0.0356. The number of hydrogen-bond acceptors (Lipinski definition) is 4. The molecule has 0 radical (unpaired) electrons. The number of oxime groups is 1. The van der Waals surface area contributed by atoms with Gasteiger partial charge in [0.2, 0.25) is 0 Å². The van der Waals surface area contributed by atoms with E-state index in [0.717, 1.165) is 19.3 Å². The Labute approximate surface area is 101 Å². The second-order valence-corrected chi connectivity index (χ2v) is 4.50. The van der Waals surface area contributed by atoms with Crippen molar-refractivity contribution in [3.8, 4) is 0 Å². The highest BCUT2D eigenvalue weighted by Gasteiger charge is 2.40. The van der Waals surface area contributed by atoms with Gasteiger partial charge in [0.05, 0.1) is 6.54 Å². The minimum atomic E-state index is -0.745. The number of amidine groups is 1. The van der Waals surface area contributed by atoms with Gasteiger partial charge in [-0.3, -0.25) is 4.79 Å². The van der Waals surface area contributed by atoms with Gasteiger partial charge in [-0.15, -0.1) is 0 Å². The number of rotatable bonds is 5. The van der Waals surface area contributed by atoms with Gasteiger partial charge in [0, 0.05) is 13.2 Å². The molecule has 1 aliphatic heterocycles. The molecule has 0 bridgehead atoms. The number of amides is 1. The maximum Gasteiger partial charge on any atom is 0.254 e. The third-order valence-corrected chi connectivity index (χ3v) is 2.93. The summed E-state index contributed by atoms with van der Waals surface area (Å²) in [6.45, 7) is 5.11. The molecule has 1 aliphatic rings. The van der Waals surface area contributed by atoms with Gasteiger partial charge in [0.25, 0.3) is 5.91 Å². The molecule has 17 heavy (non-hydrogen) atoms. The molecule has 6 heteroatoms. The maximum absolute atomic E-state index is 12.3. The van der Waals surface area contributed by atoms with E-state index in [2.05, 4.69) is 5.16 Å². The van der Waals surface area contributed by atoms with Gasteiger partial charge in [0.1, 0.15) is 5.60 Å². The van der Waals surface area contributed by atoms with Crippen molar-refractivity contribution >= 4 is 11.7 Å². The zero-order chi connectivity index (χ0) is 12.9. The van der Waals surface area contributed by atoms with Crippen LogP contribution in [-0.2, 0) is 9.53 Å². The molecule has 1 fully saturated rings. The summed E-state index contributed by atoms with van der Waals surface area (Å²) in [5.74, 6) is -0.0446. The predicted molar refractivity (Wildman–Crippen MR) is 63.9 cm³/mol. The fraction of sp³-hybridized carbons (Fsp3) is 0.818. The van der Waals surface area contributed by atoms with Crippen molar-refractivity contribution in [3.63, 3.8) is 0 Å². The molecule has 1 amide bonds. The first kappa shape index (κ1) is 13.8. The molecule has 0 spiro atoms. The minimum Gasteiger partial charge on any atom is -0.409 e. The summed E-state index contributed by atoms with van der Waals surface area (Å²) >= 11 is 0. The SMILES string of the molecule is CCCN(CC(N)=NO)C(=O)C1(C)CCCO1. The van der Waals surface area contributed by atoms with Gasteiger partial charge < -0.3 is 20.6 Å². The molecule has 1 saturated heterocycles. The second kappa shape index (κ2) is 5.86. The van der Waals surface area contributed by atoms with Crippen molar-refractivity contribution in [2.45, 2.75) is 38.7 Å². The molecule has 1 heterocycles. The Balaban J connectivity index is 2.72. The van der Waals surface area contributed by atoms with Gasteiger partial charge in [0.15, 0.2) is 5.84 Å². The van der Waals surface area contributed by atoms with E-state index in [0.29, 0.717) is 13.2 Å². The number of carbonyl (C=O) groups excluding carboxylic acids is 1. The molecular formula is C11H21N3O3. The number of nitrogens with zero attached hydrogens (tertiary/aromatic N) is 2. The van der Waals surface area contributed by atoms with E-state index in [9.17, 15) is 4.79 Å². The van der Waals surface area contributed by atoms with Crippen molar-refractivity contribution in [2.75, 3.05) is 19.7 Å². The lowest BCUT2D eigenvalue weighted by molar-refractivity contribution is -0.150. The predicted octanol–water partition coefficient (Wildman–Crippen LogP) is 0.540. The monoisotopic (exact) mass is 243 g/mol. The van der Waals surface area contributed by atoms with Crippen molar-refractivity contribution in [3.05, 3.63) is 0 Å². The second-order valence-electron chi connectivity index (χ2n) is 4.50. The Morgan fingerprint density at radius 2 is 2.35 bits per heavy atom. The van der Waals surface area contributed by atoms with E-state index in [1.807, 2.05) is 6.92 Å². The summed E-state index contributed by atoms with van der Waals surface area (Å²) in [5.41, 5.74) is 4.70. The van der Waals surface area contributed by atoms with Crippen LogP contribution in [0.15, 0.2) is 5.16 Å². The normalized spacial score (nSPS) is 24.9. The lowest BCUT2D eigenvalue weighted by Crippen LogP contribution is -2.49. The summed E-state index contributed by atoms with van der Waals surface area (Å²) in [6, 6.07) is 0. The van der Waals surface area contributed by atoms with Crippen LogP contribution in [0.25, 0.3) is 0 Å². The third kappa shape index (κ3) is 3.33. The van der Waals surface area contributed by atoms with E-state index in [1.165, 1.54) is 0 Å². The average Bonchev–Trinajstić information content (AvgIpc) is 2.75. The smallest absolute Gasteiger partial charge is 0.254 e. The molecule has 3 N–H and O–H groups in total. The molecule has 0 saturated carbocycles. The van der Waals surface area contributed by atoms with Gasteiger partial charge in [-0.25, -0.2) is 0 Å². The third-order valence-electron chi connectivity index (χ3n) is 2.93. The molecule has 1 unspecified atom stereocenters. The lowest BCUT2D eigenvalue weighted by atomic mass is 10.0. The van der Waals surface area contributed by atoms with Crippen LogP contribution in [0.3, 0.4) is 0 Å². The largest absolute Gasteiger partial charge is 0.409 e. The molecule has 0 aliphatic carbocycles. The van der Waals surface area contributed by atoms with Crippen LogP contribution in [0.4, 0.5) is 0 Å². The van der Waals surface area contributed by atoms with Crippen LogP contribution in [0.5, 0.6) is 0 Å². The molecule has 1 atom stereocenters. The first-order valence-electron chi connectivity index (χ1n) is 5.93. The lowest BCUT2D eigenvalue weighted by Gasteiger charge is -2.30. The fourth-order valence-electron chi connectivity index (χ4n) is 2.03. The highest BCUT2D eigenvalue weighted by molar-refractivity contribution is 5.90. The van der Waals surface area contributed by atoms with Crippen molar-refractivity contribution in [1.29, 1.82) is 0 Å². The van der Waals surface area contributed by atoms with E-state index >= 15 is 0 Å². The van der Waals surface area contributed by atoms with Crippen LogP contribution < -0.4 is 5.73 Å². The first-order valence-corrected chi connectivity index (χ1v) is 5.93. The summed E-state index contributed by atoms with van der Waals surface area (Å²) in [6.07, 6.45) is 2.44. The molecule has 98 valence electrons. The Kier molecular flexibility index (Phi) is 4.74. The van der Waals surface area contributed by atoms with Gasteiger partial charge in [-0.1, -0.05) is 12.1 Å². The van der Waals surface area contributed by atoms with E-state index in [-0.39, 0.29) is 18.3 Å². The van der Waals surface area contributed by atoms with Crippen molar-refractivity contribution in [2.24, 2.45) is 10.9 Å². The van der Waals surface area contributed by atoms with E-state index in [4.69, 9.17) is 15.7 Å².